The predicted molar refractivity (Wildman–Crippen MR) is 136 cm³/mol. The van der Waals surface area contributed by atoms with Crippen molar-refractivity contribution in [3.05, 3.63) is 48.5 Å². The Hall–Kier alpha value is -2.78. The summed E-state index contributed by atoms with van der Waals surface area (Å²) in [5.74, 6) is 1.13. The van der Waals surface area contributed by atoms with Gasteiger partial charge in [0.15, 0.2) is 6.10 Å². The van der Waals surface area contributed by atoms with Gasteiger partial charge < -0.3 is 19.7 Å². The molecule has 35 heavy (non-hydrogen) atoms. The highest BCUT2D eigenvalue weighted by Gasteiger charge is 2.29. The molecule has 2 fully saturated rings. The molecule has 1 N–H and O–H groups in total. The Morgan fingerprint density at radius 3 is 2.11 bits per heavy atom. The van der Waals surface area contributed by atoms with Crippen LogP contribution in [0.2, 0.25) is 0 Å². The molecule has 2 aromatic rings. The molecular weight excluding hydrogens is 466 g/mol. The van der Waals surface area contributed by atoms with Crippen molar-refractivity contribution in [2.24, 2.45) is 0 Å². The Kier molecular flexibility index (Phi) is 8.18. The maximum atomic E-state index is 13.2. The summed E-state index contributed by atoms with van der Waals surface area (Å²) in [5, 5.41) is 3.06. The zero-order valence-electron chi connectivity index (χ0n) is 20.5. The number of hydrogen-bond donors (Lipinski definition) is 1. The largest absolute Gasteiger partial charge is 0.497 e. The zero-order chi connectivity index (χ0) is 24.8. The monoisotopic (exact) mass is 501 g/mol. The molecule has 0 spiro atoms. The van der Waals surface area contributed by atoms with Crippen LogP contribution in [0.1, 0.15) is 39.0 Å². The second-order valence-corrected chi connectivity index (χ2v) is 11.1. The summed E-state index contributed by atoms with van der Waals surface area (Å²) in [5.41, 5.74) is 1.05. The third kappa shape index (κ3) is 6.27. The Morgan fingerprint density at radius 2 is 1.51 bits per heavy atom. The van der Waals surface area contributed by atoms with E-state index in [9.17, 15) is 13.2 Å². The molecule has 0 bridgehead atoms. The van der Waals surface area contributed by atoms with E-state index in [-0.39, 0.29) is 16.8 Å². The number of sulfonamides is 1. The number of benzene rings is 2. The number of carbonyl (C=O) groups excluding carboxylic acids is 1. The van der Waals surface area contributed by atoms with Gasteiger partial charge in [-0.05, 0) is 68.3 Å². The molecule has 1 atom stereocenters. The van der Waals surface area contributed by atoms with Gasteiger partial charge in [0.2, 0.25) is 10.0 Å². The summed E-state index contributed by atoms with van der Waals surface area (Å²) in [6, 6.07) is 14.3. The summed E-state index contributed by atoms with van der Waals surface area (Å²) in [6.07, 6.45) is 4.90. The fourth-order valence-electron chi connectivity index (χ4n) is 4.64. The molecule has 9 heteroatoms. The van der Waals surface area contributed by atoms with Gasteiger partial charge in [-0.25, -0.2) is 8.42 Å². The van der Waals surface area contributed by atoms with Crippen LogP contribution in [0.3, 0.4) is 0 Å². The third-order valence-corrected chi connectivity index (χ3v) is 8.68. The molecule has 190 valence electrons. The number of nitrogens with zero attached hydrogens (tertiary/aromatic N) is 2. The lowest BCUT2D eigenvalue weighted by Gasteiger charge is -2.35. The van der Waals surface area contributed by atoms with Crippen LogP contribution in [0.15, 0.2) is 53.4 Å². The maximum Gasteiger partial charge on any atom is 0.260 e. The van der Waals surface area contributed by atoms with E-state index >= 15 is 0 Å². The molecular formula is C26H35N3O5S. The van der Waals surface area contributed by atoms with Crippen molar-refractivity contribution in [2.75, 3.05) is 38.2 Å². The first-order valence-electron chi connectivity index (χ1n) is 12.3. The smallest absolute Gasteiger partial charge is 0.260 e. The Balaban J connectivity index is 1.31. The minimum Gasteiger partial charge on any atom is -0.497 e. The molecule has 1 aliphatic heterocycles. The van der Waals surface area contributed by atoms with E-state index in [1.165, 1.54) is 10.7 Å². The van der Waals surface area contributed by atoms with Crippen LogP contribution >= 0.6 is 0 Å². The van der Waals surface area contributed by atoms with E-state index in [4.69, 9.17) is 9.47 Å². The lowest BCUT2D eigenvalue weighted by molar-refractivity contribution is -0.128. The second kappa shape index (κ2) is 11.3. The first-order valence-corrected chi connectivity index (χ1v) is 13.8. The lowest BCUT2D eigenvalue weighted by Crippen LogP contribution is -2.48. The average molecular weight is 502 g/mol. The first-order chi connectivity index (χ1) is 16.9. The fraction of sp³-hybridized carbons (Fsp3) is 0.500. The molecule has 0 radical (unpaired) electrons. The summed E-state index contributed by atoms with van der Waals surface area (Å²) in [7, 11) is -1.98. The summed E-state index contributed by atoms with van der Waals surface area (Å²) in [4.78, 5) is 14.9. The van der Waals surface area contributed by atoms with Crippen molar-refractivity contribution in [1.29, 1.82) is 0 Å². The highest BCUT2D eigenvalue weighted by atomic mass is 32.2. The molecule has 2 aromatic carbocycles. The van der Waals surface area contributed by atoms with Crippen molar-refractivity contribution in [1.82, 2.24) is 9.62 Å². The number of anilines is 1. The number of methoxy groups -OCH3 is 1. The van der Waals surface area contributed by atoms with Crippen molar-refractivity contribution in [3.63, 3.8) is 0 Å². The highest BCUT2D eigenvalue weighted by molar-refractivity contribution is 7.89. The lowest BCUT2D eigenvalue weighted by atomic mass is 9.95. The number of amides is 1. The molecule has 1 heterocycles. The molecule has 0 unspecified atom stereocenters. The first kappa shape index (κ1) is 25.3. The Morgan fingerprint density at radius 1 is 0.914 bits per heavy atom. The van der Waals surface area contributed by atoms with E-state index in [2.05, 4.69) is 10.2 Å². The van der Waals surface area contributed by atoms with E-state index in [1.807, 2.05) is 24.3 Å². The van der Waals surface area contributed by atoms with Gasteiger partial charge >= 0.3 is 0 Å². The molecule has 1 amide bonds. The minimum atomic E-state index is -3.61. The molecule has 0 aromatic heterocycles. The van der Waals surface area contributed by atoms with E-state index in [1.54, 1.807) is 38.3 Å². The maximum absolute atomic E-state index is 13.2. The fourth-order valence-corrected chi connectivity index (χ4v) is 6.06. The van der Waals surface area contributed by atoms with Gasteiger partial charge in [-0.3, -0.25) is 4.79 Å². The topological polar surface area (TPSA) is 88.2 Å². The van der Waals surface area contributed by atoms with Gasteiger partial charge in [-0.1, -0.05) is 19.3 Å². The van der Waals surface area contributed by atoms with Gasteiger partial charge in [0.05, 0.1) is 12.0 Å². The standard InChI is InChI=1S/C26H35N3O5S/c1-20(26(30)27-21-6-4-3-5-7-21)34-24-12-14-25(15-13-24)35(31,32)29-18-16-28(17-19-29)22-8-10-23(33-2)11-9-22/h8-15,20-21H,3-7,16-19H2,1-2H3,(H,27,30)/t20-/m1/s1. The second-order valence-electron chi connectivity index (χ2n) is 9.16. The van der Waals surface area contributed by atoms with Crippen LogP contribution < -0.4 is 19.7 Å². The average Bonchev–Trinajstić information content (AvgIpc) is 2.89. The van der Waals surface area contributed by atoms with E-state index < -0.39 is 16.1 Å². The van der Waals surface area contributed by atoms with E-state index in [0.717, 1.165) is 37.1 Å². The van der Waals surface area contributed by atoms with E-state index in [0.29, 0.717) is 31.9 Å². The Labute approximate surface area is 208 Å². The molecule has 1 aliphatic carbocycles. The predicted octanol–water partition coefficient (Wildman–Crippen LogP) is 3.42. The van der Waals surface area contributed by atoms with Crippen LogP contribution in [0.5, 0.6) is 11.5 Å². The molecule has 4 rings (SSSR count). The number of carbonyl (C=O) groups is 1. The number of ether oxygens (including phenoxy) is 2. The Bertz CT molecular complexity index is 1070. The van der Waals surface area contributed by atoms with Crippen molar-refractivity contribution < 1.29 is 22.7 Å². The van der Waals surface area contributed by atoms with Crippen molar-refractivity contribution >= 4 is 21.6 Å². The number of piperazine rings is 1. The normalized spacial score (nSPS) is 18.6. The molecule has 1 saturated heterocycles. The summed E-state index contributed by atoms with van der Waals surface area (Å²) < 4.78 is 38.8. The zero-order valence-corrected chi connectivity index (χ0v) is 21.3. The van der Waals surface area contributed by atoms with Crippen LogP contribution in [-0.4, -0.2) is 64.1 Å². The molecule has 2 aliphatic rings. The number of nitrogens with one attached hydrogen (secondary N) is 1. The molecule has 1 saturated carbocycles. The minimum absolute atomic E-state index is 0.136. The van der Waals surface area contributed by atoms with Gasteiger partial charge in [0, 0.05) is 37.9 Å². The van der Waals surface area contributed by atoms with Crippen LogP contribution in [0, 0.1) is 0 Å². The van der Waals surface area contributed by atoms with Crippen molar-refractivity contribution in [3.8, 4) is 11.5 Å². The third-order valence-electron chi connectivity index (χ3n) is 6.77. The molecule has 8 nitrogen and oxygen atoms in total. The van der Waals surface area contributed by atoms with Crippen LogP contribution in [-0.2, 0) is 14.8 Å². The highest BCUT2D eigenvalue weighted by Crippen LogP contribution is 2.25. The quantitative estimate of drug-likeness (QED) is 0.596. The van der Waals surface area contributed by atoms with Crippen molar-refractivity contribution in [2.45, 2.75) is 56.1 Å². The SMILES string of the molecule is COc1ccc(N2CCN(S(=O)(=O)c3ccc(O[C@H](C)C(=O)NC4CCCCC4)cc3)CC2)cc1. The van der Waals surface area contributed by atoms with Gasteiger partial charge in [-0.15, -0.1) is 0 Å². The number of rotatable bonds is 8. The van der Waals surface area contributed by atoms with Gasteiger partial charge in [0.1, 0.15) is 11.5 Å². The summed E-state index contributed by atoms with van der Waals surface area (Å²) in [6.45, 7) is 3.75. The van der Waals surface area contributed by atoms with Crippen LogP contribution in [0.25, 0.3) is 0 Å². The summed E-state index contributed by atoms with van der Waals surface area (Å²) >= 11 is 0. The van der Waals surface area contributed by atoms with Gasteiger partial charge in [0.25, 0.3) is 5.91 Å². The van der Waals surface area contributed by atoms with Gasteiger partial charge in [-0.2, -0.15) is 4.31 Å². The number of hydrogen-bond acceptors (Lipinski definition) is 6. The van der Waals surface area contributed by atoms with Crippen LogP contribution in [0.4, 0.5) is 5.69 Å².